The van der Waals surface area contributed by atoms with Crippen LogP contribution in [0.5, 0.6) is 5.75 Å². The van der Waals surface area contributed by atoms with Gasteiger partial charge in [-0.2, -0.15) is 0 Å². The largest absolute Gasteiger partial charge is 0.573 e. The maximum Gasteiger partial charge on any atom is 0.573 e. The Balaban J connectivity index is 1.95. The number of ether oxygens (including phenoxy) is 1. The maximum absolute atomic E-state index is 12.1. The smallest absolute Gasteiger partial charge is 0.406 e. The van der Waals surface area contributed by atoms with E-state index in [4.69, 9.17) is 23.8 Å². The molecule has 9 heteroatoms. The molecule has 0 heterocycles. The predicted octanol–water partition coefficient (Wildman–Crippen LogP) is 4.37. The maximum atomic E-state index is 12.1. The number of halogens is 4. The zero-order valence-corrected chi connectivity index (χ0v) is 13.4. The quantitative estimate of drug-likeness (QED) is 0.783. The Morgan fingerprint density at radius 3 is 2.29 bits per heavy atom. The molecule has 2 N–H and O–H groups in total. The summed E-state index contributed by atoms with van der Waals surface area (Å²) in [7, 11) is 0. The van der Waals surface area contributed by atoms with Crippen LogP contribution in [0.4, 0.5) is 18.9 Å². The molecule has 2 aromatic rings. The van der Waals surface area contributed by atoms with Gasteiger partial charge in [0, 0.05) is 5.69 Å². The van der Waals surface area contributed by atoms with Crippen LogP contribution >= 0.6 is 23.8 Å². The first-order valence-electron chi connectivity index (χ1n) is 6.47. The highest BCUT2D eigenvalue weighted by molar-refractivity contribution is 7.80. The molecule has 0 spiro atoms. The van der Waals surface area contributed by atoms with Crippen LogP contribution in [0.25, 0.3) is 0 Å². The van der Waals surface area contributed by atoms with Crippen LogP contribution in [-0.4, -0.2) is 17.4 Å². The molecule has 126 valence electrons. The van der Waals surface area contributed by atoms with Crippen molar-refractivity contribution in [2.75, 3.05) is 5.32 Å². The molecule has 2 rings (SSSR count). The molecule has 0 atom stereocenters. The summed E-state index contributed by atoms with van der Waals surface area (Å²) >= 11 is 10.9. The molecule has 0 aliphatic rings. The Kier molecular flexibility index (Phi) is 5.63. The average molecular weight is 375 g/mol. The predicted molar refractivity (Wildman–Crippen MR) is 88.3 cm³/mol. The Labute approximate surface area is 145 Å². The first-order valence-corrected chi connectivity index (χ1v) is 7.26. The third kappa shape index (κ3) is 5.39. The molecule has 0 radical (unpaired) electrons. The SMILES string of the molecule is O=C(NC(=S)Nc1ccc(OC(F)(F)F)cc1)c1ccccc1Cl. The van der Waals surface area contributed by atoms with Gasteiger partial charge in [-0.05, 0) is 48.6 Å². The van der Waals surface area contributed by atoms with E-state index in [-0.39, 0.29) is 21.4 Å². The van der Waals surface area contributed by atoms with E-state index in [2.05, 4.69) is 15.4 Å². The summed E-state index contributed by atoms with van der Waals surface area (Å²) in [6, 6.07) is 11.3. The number of carbonyl (C=O) groups excluding carboxylic acids is 1. The van der Waals surface area contributed by atoms with Gasteiger partial charge < -0.3 is 10.1 Å². The van der Waals surface area contributed by atoms with Gasteiger partial charge in [-0.25, -0.2) is 0 Å². The number of anilines is 1. The summed E-state index contributed by atoms with van der Waals surface area (Å²) in [6.07, 6.45) is -4.76. The van der Waals surface area contributed by atoms with Gasteiger partial charge in [0.2, 0.25) is 0 Å². The minimum Gasteiger partial charge on any atom is -0.406 e. The van der Waals surface area contributed by atoms with Gasteiger partial charge in [0.1, 0.15) is 5.75 Å². The van der Waals surface area contributed by atoms with Crippen molar-refractivity contribution in [2.24, 2.45) is 0 Å². The van der Waals surface area contributed by atoms with Crippen LogP contribution in [-0.2, 0) is 0 Å². The second-order valence-corrected chi connectivity index (χ2v) is 5.28. The average Bonchev–Trinajstić information content (AvgIpc) is 2.48. The Morgan fingerprint density at radius 2 is 1.71 bits per heavy atom. The lowest BCUT2D eigenvalue weighted by molar-refractivity contribution is -0.274. The minimum absolute atomic E-state index is 0.0237. The molecule has 0 aliphatic heterocycles. The second-order valence-electron chi connectivity index (χ2n) is 4.46. The van der Waals surface area contributed by atoms with Gasteiger partial charge in [0.25, 0.3) is 5.91 Å². The van der Waals surface area contributed by atoms with Gasteiger partial charge in [-0.1, -0.05) is 23.7 Å². The molecule has 0 aromatic heterocycles. The zero-order chi connectivity index (χ0) is 17.7. The van der Waals surface area contributed by atoms with Gasteiger partial charge >= 0.3 is 6.36 Å². The molecular formula is C15H10ClF3N2O2S. The summed E-state index contributed by atoms with van der Waals surface area (Å²) in [5.74, 6) is -0.866. The van der Waals surface area contributed by atoms with Crippen LogP contribution in [0.1, 0.15) is 10.4 Å². The number of nitrogens with one attached hydrogen (secondary N) is 2. The highest BCUT2D eigenvalue weighted by atomic mass is 35.5. The molecule has 0 unspecified atom stereocenters. The molecule has 4 nitrogen and oxygen atoms in total. The molecule has 0 saturated carbocycles. The van der Waals surface area contributed by atoms with E-state index >= 15 is 0 Å². The van der Waals surface area contributed by atoms with E-state index in [1.807, 2.05) is 0 Å². The number of carbonyl (C=O) groups is 1. The monoisotopic (exact) mass is 374 g/mol. The Morgan fingerprint density at radius 1 is 1.08 bits per heavy atom. The number of alkyl halides is 3. The fourth-order valence-electron chi connectivity index (χ4n) is 1.72. The first kappa shape index (κ1) is 18.0. The van der Waals surface area contributed by atoms with E-state index in [1.165, 1.54) is 18.2 Å². The minimum atomic E-state index is -4.76. The Bertz CT molecular complexity index is 751. The number of hydrogen-bond acceptors (Lipinski definition) is 3. The number of benzene rings is 2. The molecule has 24 heavy (non-hydrogen) atoms. The topological polar surface area (TPSA) is 50.4 Å². The van der Waals surface area contributed by atoms with E-state index in [0.29, 0.717) is 5.69 Å². The van der Waals surface area contributed by atoms with Gasteiger partial charge in [-0.3, -0.25) is 10.1 Å². The fraction of sp³-hybridized carbons (Fsp3) is 0.0667. The van der Waals surface area contributed by atoms with Crippen molar-refractivity contribution in [3.05, 3.63) is 59.1 Å². The van der Waals surface area contributed by atoms with E-state index in [9.17, 15) is 18.0 Å². The van der Waals surface area contributed by atoms with Gasteiger partial charge in [0.05, 0.1) is 10.6 Å². The zero-order valence-electron chi connectivity index (χ0n) is 11.9. The van der Waals surface area contributed by atoms with Gasteiger partial charge in [-0.15, -0.1) is 13.2 Å². The fourth-order valence-corrected chi connectivity index (χ4v) is 2.15. The highest BCUT2D eigenvalue weighted by Gasteiger charge is 2.30. The summed E-state index contributed by atoms with van der Waals surface area (Å²) in [5.41, 5.74) is 0.631. The first-order chi connectivity index (χ1) is 11.2. The molecule has 1 amide bonds. The summed E-state index contributed by atoms with van der Waals surface area (Å²) in [6.45, 7) is 0. The van der Waals surface area contributed by atoms with Crippen LogP contribution in [0.3, 0.4) is 0 Å². The van der Waals surface area contributed by atoms with Crippen LogP contribution < -0.4 is 15.4 Å². The second kappa shape index (κ2) is 7.50. The van der Waals surface area contributed by atoms with Crippen molar-refractivity contribution in [3.8, 4) is 5.75 Å². The summed E-state index contributed by atoms with van der Waals surface area (Å²) in [5, 5.41) is 5.34. The number of amides is 1. The van der Waals surface area contributed by atoms with Crippen molar-refractivity contribution < 1.29 is 22.7 Å². The lowest BCUT2D eigenvalue weighted by Crippen LogP contribution is -2.34. The number of rotatable bonds is 3. The summed E-state index contributed by atoms with van der Waals surface area (Å²) in [4.78, 5) is 12.0. The van der Waals surface area contributed by atoms with Crippen LogP contribution in [0.15, 0.2) is 48.5 Å². The van der Waals surface area contributed by atoms with Crippen molar-refractivity contribution in [1.82, 2.24) is 5.32 Å². The van der Waals surface area contributed by atoms with E-state index < -0.39 is 12.3 Å². The van der Waals surface area contributed by atoms with Crippen LogP contribution in [0.2, 0.25) is 5.02 Å². The number of thiocarbonyl (C=S) groups is 1. The van der Waals surface area contributed by atoms with Gasteiger partial charge in [0.15, 0.2) is 5.11 Å². The Hall–Kier alpha value is -2.32. The molecule has 0 aliphatic carbocycles. The van der Waals surface area contributed by atoms with Crippen molar-refractivity contribution >= 4 is 40.5 Å². The van der Waals surface area contributed by atoms with E-state index in [0.717, 1.165) is 12.1 Å². The van der Waals surface area contributed by atoms with E-state index in [1.54, 1.807) is 18.2 Å². The third-order valence-corrected chi connectivity index (χ3v) is 3.23. The van der Waals surface area contributed by atoms with Crippen molar-refractivity contribution in [2.45, 2.75) is 6.36 Å². The third-order valence-electron chi connectivity index (χ3n) is 2.69. The highest BCUT2D eigenvalue weighted by Crippen LogP contribution is 2.24. The lowest BCUT2D eigenvalue weighted by Gasteiger charge is -2.12. The number of hydrogen-bond donors (Lipinski definition) is 2. The lowest BCUT2D eigenvalue weighted by atomic mass is 10.2. The molecule has 0 bridgehead atoms. The standard InChI is InChI=1S/C15H10ClF3N2O2S/c16-12-4-2-1-3-11(12)13(22)21-14(24)20-9-5-7-10(8-6-9)23-15(17,18)19/h1-8H,(H2,20,21,22,24). The molecule has 0 saturated heterocycles. The van der Waals surface area contributed by atoms with Crippen molar-refractivity contribution in [1.29, 1.82) is 0 Å². The molecule has 0 fully saturated rings. The normalized spacial score (nSPS) is 10.8. The van der Waals surface area contributed by atoms with Crippen LogP contribution in [0, 0.1) is 0 Å². The molecule has 2 aromatic carbocycles. The molecular weight excluding hydrogens is 365 g/mol. The summed E-state index contributed by atoms with van der Waals surface area (Å²) < 4.78 is 40.0. The van der Waals surface area contributed by atoms with Crippen molar-refractivity contribution in [3.63, 3.8) is 0 Å².